The van der Waals surface area contributed by atoms with Gasteiger partial charge in [-0.1, -0.05) is 37.8 Å². The van der Waals surface area contributed by atoms with E-state index in [1.807, 2.05) is 4.90 Å². The fourth-order valence-corrected chi connectivity index (χ4v) is 3.96. The van der Waals surface area contributed by atoms with Crippen LogP contribution in [-0.2, 0) is 9.59 Å². The Morgan fingerprint density at radius 1 is 1.23 bits per heavy atom. The first-order chi connectivity index (χ1) is 12.6. The fourth-order valence-electron chi connectivity index (χ4n) is 3.96. The van der Waals surface area contributed by atoms with Gasteiger partial charge in [0, 0.05) is 32.1 Å². The van der Waals surface area contributed by atoms with Crippen molar-refractivity contribution >= 4 is 11.8 Å². The summed E-state index contributed by atoms with van der Waals surface area (Å²) in [6.45, 7) is 1.70. The molecule has 1 atom stereocenters. The minimum Gasteiger partial charge on any atom is -0.353 e. The Bertz CT molecular complexity index is 629. The van der Waals surface area contributed by atoms with Crippen LogP contribution in [0, 0.1) is 5.82 Å². The van der Waals surface area contributed by atoms with Crippen LogP contribution in [0.15, 0.2) is 24.3 Å². The van der Waals surface area contributed by atoms with E-state index in [1.54, 1.807) is 12.1 Å². The molecule has 2 N–H and O–H groups in total. The number of hydrogen-bond donors (Lipinski definition) is 2. The largest absolute Gasteiger partial charge is 0.353 e. The number of amides is 2. The molecular formula is C20H28FN3O2. The molecule has 1 aromatic carbocycles. The first-order valence-electron chi connectivity index (χ1n) is 9.70. The predicted molar refractivity (Wildman–Crippen MR) is 98.0 cm³/mol. The molecule has 2 fully saturated rings. The van der Waals surface area contributed by atoms with E-state index in [2.05, 4.69) is 10.6 Å². The average molecular weight is 361 g/mol. The molecule has 0 bridgehead atoms. The van der Waals surface area contributed by atoms with E-state index < -0.39 is 6.04 Å². The maximum Gasteiger partial charge on any atom is 0.242 e. The van der Waals surface area contributed by atoms with Crippen LogP contribution in [0.25, 0.3) is 0 Å². The molecule has 2 aliphatic rings. The van der Waals surface area contributed by atoms with Gasteiger partial charge in [0.05, 0.1) is 0 Å². The molecule has 1 aliphatic carbocycles. The summed E-state index contributed by atoms with van der Waals surface area (Å²) in [5.41, 5.74) is 0.631. The lowest BCUT2D eigenvalue weighted by atomic mass is 10.0. The number of nitrogens with zero attached hydrogens (tertiary/aromatic N) is 1. The van der Waals surface area contributed by atoms with Crippen LogP contribution in [0.5, 0.6) is 0 Å². The van der Waals surface area contributed by atoms with Crippen molar-refractivity contribution in [2.75, 3.05) is 19.6 Å². The minimum atomic E-state index is -0.537. The number of halogens is 1. The van der Waals surface area contributed by atoms with E-state index in [0.29, 0.717) is 31.6 Å². The summed E-state index contributed by atoms with van der Waals surface area (Å²) in [5, 5.41) is 5.98. The Morgan fingerprint density at radius 2 is 2.00 bits per heavy atom. The molecule has 1 aliphatic heterocycles. The highest BCUT2D eigenvalue weighted by molar-refractivity contribution is 5.84. The van der Waals surface area contributed by atoms with Crippen LogP contribution in [0.2, 0.25) is 0 Å². The molecule has 1 saturated heterocycles. The van der Waals surface area contributed by atoms with E-state index in [1.165, 1.54) is 37.8 Å². The highest BCUT2D eigenvalue weighted by atomic mass is 19.1. The molecule has 0 aromatic heterocycles. The number of hydrogen-bond acceptors (Lipinski definition) is 3. The van der Waals surface area contributed by atoms with Gasteiger partial charge in [0.2, 0.25) is 11.8 Å². The smallest absolute Gasteiger partial charge is 0.242 e. The van der Waals surface area contributed by atoms with Gasteiger partial charge in [0.1, 0.15) is 11.9 Å². The second-order valence-electron chi connectivity index (χ2n) is 7.29. The third kappa shape index (κ3) is 5.04. The number of rotatable bonds is 5. The molecule has 5 nitrogen and oxygen atoms in total. The summed E-state index contributed by atoms with van der Waals surface area (Å²) >= 11 is 0. The van der Waals surface area contributed by atoms with Crippen molar-refractivity contribution in [2.24, 2.45) is 0 Å². The van der Waals surface area contributed by atoms with Gasteiger partial charge in [0.25, 0.3) is 0 Å². The van der Waals surface area contributed by atoms with Gasteiger partial charge >= 0.3 is 0 Å². The Hall–Kier alpha value is -1.95. The van der Waals surface area contributed by atoms with E-state index in [0.717, 1.165) is 12.8 Å². The topological polar surface area (TPSA) is 61.4 Å². The van der Waals surface area contributed by atoms with Gasteiger partial charge in [-0.3, -0.25) is 14.5 Å². The lowest BCUT2D eigenvalue weighted by Crippen LogP contribution is -2.50. The summed E-state index contributed by atoms with van der Waals surface area (Å²) in [4.78, 5) is 26.7. The van der Waals surface area contributed by atoms with Crippen LogP contribution < -0.4 is 10.6 Å². The highest BCUT2D eigenvalue weighted by Gasteiger charge is 2.31. The van der Waals surface area contributed by atoms with Crippen molar-refractivity contribution < 1.29 is 14.0 Å². The summed E-state index contributed by atoms with van der Waals surface area (Å²) < 4.78 is 13.6. The van der Waals surface area contributed by atoms with Gasteiger partial charge < -0.3 is 10.6 Å². The highest BCUT2D eigenvalue weighted by Crippen LogP contribution is 2.24. The van der Waals surface area contributed by atoms with E-state index in [-0.39, 0.29) is 23.7 Å². The predicted octanol–water partition coefficient (Wildman–Crippen LogP) is 2.53. The molecule has 0 radical (unpaired) electrons. The zero-order valence-corrected chi connectivity index (χ0v) is 15.2. The van der Waals surface area contributed by atoms with Gasteiger partial charge in [-0.05, 0) is 30.5 Å². The lowest BCUT2D eigenvalue weighted by molar-refractivity contribution is -0.130. The van der Waals surface area contributed by atoms with Crippen LogP contribution in [0.3, 0.4) is 0 Å². The standard InChI is InChI=1S/C20H28FN3O2/c21-16-7-5-6-15(14-16)19-20(26)22-11-13-24(19)12-10-18(25)23-17-8-3-1-2-4-9-17/h5-7,14,17,19H,1-4,8-13H2,(H,22,26)(H,23,25). The molecule has 6 heteroatoms. The molecule has 1 aromatic rings. The van der Waals surface area contributed by atoms with Gasteiger partial charge in [-0.15, -0.1) is 0 Å². The summed E-state index contributed by atoms with van der Waals surface area (Å²) in [6, 6.07) is 5.89. The van der Waals surface area contributed by atoms with E-state index >= 15 is 0 Å². The van der Waals surface area contributed by atoms with E-state index in [9.17, 15) is 14.0 Å². The van der Waals surface area contributed by atoms with Crippen molar-refractivity contribution in [2.45, 2.75) is 57.0 Å². The van der Waals surface area contributed by atoms with Crippen LogP contribution in [0.1, 0.15) is 56.6 Å². The lowest BCUT2D eigenvalue weighted by Gasteiger charge is -2.35. The van der Waals surface area contributed by atoms with Gasteiger partial charge in [-0.2, -0.15) is 0 Å². The van der Waals surface area contributed by atoms with Crippen LogP contribution >= 0.6 is 0 Å². The zero-order valence-electron chi connectivity index (χ0n) is 15.2. The van der Waals surface area contributed by atoms with Crippen molar-refractivity contribution in [1.29, 1.82) is 0 Å². The monoisotopic (exact) mass is 361 g/mol. The second-order valence-corrected chi connectivity index (χ2v) is 7.29. The number of benzene rings is 1. The number of piperazine rings is 1. The van der Waals surface area contributed by atoms with Gasteiger partial charge in [0.15, 0.2) is 0 Å². The minimum absolute atomic E-state index is 0.0425. The van der Waals surface area contributed by atoms with Crippen LogP contribution in [0.4, 0.5) is 4.39 Å². The Kier molecular flexibility index (Phi) is 6.61. The molecule has 0 spiro atoms. The average Bonchev–Trinajstić information content (AvgIpc) is 2.88. The Morgan fingerprint density at radius 3 is 2.73 bits per heavy atom. The molecule has 1 heterocycles. The number of nitrogens with one attached hydrogen (secondary N) is 2. The molecule has 2 amide bonds. The molecule has 3 rings (SSSR count). The fraction of sp³-hybridized carbons (Fsp3) is 0.600. The third-order valence-corrected chi connectivity index (χ3v) is 5.32. The maximum atomic E-state index is 13.6. The summed E-state index contributed by atoms with van der Waals surface area (Å²) in [5.74, 6) is -0.446. The molecule has 26 heavy (non-hydrogen) atoms. The molecule has 142 valence electrons. The van der Waals surface area contributed by atoms with Crippen molar-refractivity contribution in [3.8, 4) is 0 Å². The third-order valence-electron chi connectivity index (χ3n) is 5.32. The molecular weight excluding hydrogens is 333 g/mol. The summed E-state index contributed by atoms with van der Waals surface area (Å²) in [7, 11) is 0. The Balaban J connectivity index is 1.57. The van der Waals surface area contributed by atoms with Crippen molar-refractivity contribution in [3.05, 3.63) is 35.6 Å². The van der Waals surface area contributed by atoms with Gasteiger partial charge in [-0.25, -0.2) is 4.39 Å². The Labute approximate surface area is 154 Å². The van der Waals surface area contributed by atoms with E-state index in [4.69, 9.17) is 0 Å². The first-order valence-corrected chi connectivity index (χ1v) is 9.70. The van der Waals surface area contributed by atoms with Crippen molar-refractivity contribution in [1.82, 2.24) is 15.5 Å². The van der Waals surface area contributed by atoms with Crippen LogP contribution in [-0.4, -0.2) is 42.4 Å². The maximum absolute atomic E-state index is 13.6. The summed E-state index contributed by atoms with van der Waals surface area (Å²) in [6.07, 6.45) is 7.34. The zero-order chi connectivity index (χ0) is 18.4. The second kappa shape index (κ2) is 9.12. The number of carbonyl (C=O) groups excluding carboxylic acids is 2. The van der Waals surface area contributed by atoms with Crippen molar-refractivity contribution in [3.63, 3.8) is 0 Å². The SMILES string of the molecule is O=C(CCN1CCNC(=O)C1c1cccc(F)c1)NC1CCCCCC1. The normalized spacial score (nSPS) is 22.5. The molecule has 1 unspecified atom stereocenters. The first kappa shape index (κ1) is 18.8. The number of carbonyl (C=O) groups is 2. The molecule has 1 saturated carbocycles. The quantitative estimate of drug-likeness (QED) is 0.793.